The fraction of sp³-hybridized carbons (Fsp3) is 0.786. The summed E-state index contributed by atoms with van der Waals surface area (Å²) in [4.78, 5) is 4.89. The summed E-state index contributed by atoms with van der Waals surface area (Å²) < 4.78 is 0. The van der Waals surface area contributed by atoms with Crippen LogP contribution in [0.3, 0.4) is 0 Å². The zero-order valence-electron chi connectivity index (χ0n) is 10.8. The summed E-state index contributed by atoms with van der Waals surface area (Å²) in [5.74, 6) is 2.76. The van der Waals surface area contributed by atoms with E-state index in [9.17, 15) is 0 Å². The van der Waals surface area contributed by atoms with Gasteiger partial charge in [-0.2, -0.15) is 0 Å². The third-order valence-electron chi connectivity index (χ3n) is 4.55. The fourth-order valence-electron chi connectivity index (χ4n) is 3.63. The van der Waals surface area contributed by atoms with Crippen LogP contribution in [0.4, 0.5) is 0 Å². The van der Waals surface area contributed by atoms with Gasteiger partial charge < -0.3 is 5.32 Å². The Kier molecular flexibility index (Phi) is 3.22. The van der Waals surface area contributed by atoms with Crippen molar-refractivity contribution in [2.45, 2.75) is 51.5 Å². The lowest BCUT2D eigenvalue weighted by molar-refractivity contribution is 0.417. The average Bonchev–Trinajstić information content (AvgIpc) is 3.05. The summed E-state index contributed by atoms with van der Waals surface area (Å²) in [7, 11) is 0. The normalized spacial score (nSPS) is 33.2. The van der Waals surface area contributed by atoms with Crippen LogP contribution >= 0.6 is 11.3 Å². The number of hydrogen-bond acceptors (Lipinski definition) is 3. The molecule has 2 aliphatic carbocycles. The molecule has 1 aromatic heterocycles. The standard InChI is InChI=1S/C14H22N2S/c1-3-15-9(2)13-8-17-14(16-13)12-7-10-4-5-11(12)6-10/h8-12,15H,3-7H2,1-2H3. The van der Waals surface area contributed by atoms with Crippen molar-refractivity contribution in [2.75, 3.05) is 6.54 Å². The molecule has 2 aliphatic rings. The van der Waals surface area contributed by atoms with Crippen molar-refractivity contribution < 1.29 is 0 Å². The zero-order chi connectivity index (χ0) is 11.8. The Hall–Kier alpha value is -0.410. The van der Waals surface area contributed by atoms with E-state index in [1.165, 1.54) is 36.4 Å². The van der Waals surface area contributed by atoms with Crippen LogP contribution in [0.15, 0.2) is 5.38 Å². The summed E-state index contributed by atoms with van der Waals surface area (Å²) in [6.45, 7) is 5.38. The van der Waals surface area contributed by atoms with Crippen molar-refractivity contribution in [3.63, 3.8) is 0 Å². The highest BCUT2D eigenvalue weighted by molar-refractivity contribution is 7.09. The Morgan fingerprint density at radius 1 is 1.47 bits per heavy atom. The van der Waals surface area contributed by atoms with Gasteiger partial charge in [0.25, 0.3) is 0 Å². The number of nitrogens with one attached hydrogen (secondary N) is 1. The van der Waals surface area contributed by atoms with E-state index < -0.39 is 0 Å². The molecule has 2 fully saturated rings. The molecule has 1 N–H and O–H groups in total. The van der Waals surface area contributed by atoms with Crippen LogP contribution in [-0.2, 0) is 0 Å². The second-order valence-corrected chi connectivity index (χ2v) is 6.56. The number of hydrogen-bond donors (Lipinski definition) is 1. The lowest BCUT2D eigenvalue weighted by Gasteiger charge is -2.19. The van der Waals surface area contributed by atoms with Crippen LogP contribution in [0, 0.1) is 11.8 Å². The lowest BCUT2D eigenvalue weighted by Crippen LogP contribution is -2.18. The van der Waals surface area contributed by atoms with Gasteiger partial charge in [0, 0.05) is 17.3 Å². The van der Waals surface area contributed by atoms with Crippen molar-refractivity contribution in [2.24, 2.45) is 11.8 Å². The number of fused-ring (bicyclic) bond motifs is 2. The molecule has 4 atom stereocenters. The first kappa shape index (κ1) is 11.7. The molecule has 3 rings (SSSR count). The minimum absolute atomic E-state index is 0.406. The molecule has 4 unspecified atom stereocenters. The van der Waals surface area contributed by atoms with Gasteiger partial charge in [0.05, 0.1) is 10.7 Å². The van der Waals surface area contributed by atoms with Crippen LogP contribution in [0.2, 0.25) is 0 Å². The maximum absolute atomic E-state index is 4.89. The third-order valence-corrected chi connectivity index (χ3v) is 5.54. The molecule has 0 radical (unpaired) electrons. The molecule has 0 saturated heterocycles. The van der Waals surface area contributed by atoms with Crippen molar-refractivity contribution >= 4 is 11.3 Å². The SMILES string of the molecule is CCNC(C)c1csc(C2CC3CCC2C3)n1. The Balaban J connectivity index is 1.72. The van der Waals surface area contributed by atoms with Crippen LogP contribution in [0.25, 0.3) is 0 Å². The van der Waals surface area contributed by atoms with Crippen LogP contribution < -0.4 is 5.32 Å². The molecule has 0 spiro atoms. The minimum atomic E-state index is 0.406. The fourth-order valence-corrected chi connectivity index (χ4v) is 4.75. The summed E-state index contributed by atoms with van der Waals surface area (Å²) in [6, 6.07) is 0.406. The van der Waals surface area contributed by atoms with Crippen molar-refractivity contribution in [3.8, 4) is 0 Å². The molecule has 2 bridgehead atoms. The number of aromatic nitrogens is 1. The van der Waals surface area contributed by atoms with E-state index in [1.807, 2.05) is 11.3 Å². The van der Waals surface area contributed by atoms with Crippen LogP contribution in [-0.4, -0.2) is 11.5 Å². The molecule has 1 aromatic rings. The highest BCUT2D eigenvalue weighted by atomic mass is 32.1. The van der Waals surface area contributed by atoms with Gasteiger partial charge in [0.1, 0.15) is 0 Å². The number of nitrogens with zero attached hydrogens (tertiary/aromatic N) is 1. The molecule has 0 aliphatic heterocycles. The second kappa shape index (κ2) is 4.69. The van der Waals surface area contributed by atoms with E-state index in [0.717, 1.165) is 24.3 Å². The van der Waals surface area contributed by atoms with Gasteiger partial charge in [0.2, 0.25) is 0 Å². The number of rotatable bonds is 4. The largest absolute Gasteiger partial charge is 0.309 e. The third kappa shape index (κ3) is 2.15. The molecule has 2 saturated carbocycles. The van der Waals surface area contributed by atoms with Gasteiger partial charge in [0.15, 0.2) is 0 Å². The minimum Gasteiger partial charge on any atom is -0.309 e. The second-order valence-electron chi connectivity index (χ2n) is 5.67. The molecule has 2 nitrogen and oxygen atoms in total. The number of thiazole rings is 1. The van der Waals surface area contributed by atoms with Gasteiger partial charge in [-0.25, -0.2) is 4.98 Å². The maximum Gasteiger partial charge on any atom is 0.0962 e. The molecule has 1 heterocycles. The predicted octanol–water partition coefficient (Wildman–Crippen LogP) is 3.72. The lowest BCUT2D eigenvalue weighted by atomic mass is 9.89. The van der Waals surface area contributed by atoms with Crippen molar-refractivity contribution in [3.05, 3.63) is 16.1 Å². The summed E-state index contributed by atoms with van der Waals surface area (Å²) >= 11 is 1.89. The van der Waals surface area contributed by atoms with Crippen molar-refractivity contribution in [1.29, 1.82) is 0 Å². The predicted molar refractivity (Wildman–Crippen MR) is 72.4 cm³/mol. The first-order valence-corrected chi connectivity index (χ1v) is 7.84. The van der Waals surface area contributed by atoms with Gasteiger partial charge >= 0.3 is 0 Å². The van der Waals surface area contributed by atoms with Crippen LogP contribution in [0.5, 0.6) is 0 Å². The Morgan fingerprint density at radius 3 is 3.00 bits per heavy atom. The van der Waals surface area contributed by atoms with E-state index in [0.29, 0.717) is 6.04 Å². The highest BCUT2D eigenvalue weighted by Crippen LogP contribution is 2.53. The Labute approximate surface area is 108 Å². The first-order chi connectivity index (χ1) is 8.28. The van der Waals surface area contributed by atoms with E-state index in [-0.39, 0.29) is 0 Å². The van der Waals surface area contributed by atoms with Gasteiger partial charge in [-0.15, -0.1) is 11.3 Å². The van der Waals surface area contributed by atoms with E-state index >= 15 is 0 Å². The molecule has 17 heavy (non-hydrogen) atoms. The summed E-state index contributed by atoms with van der Waals surface area (Å²) in [5, 5.41) is 7.12. The Bertz CT molecular complexity index is 387. The molecular formula is C14H22N2S. The zero-order valence-corrected chi connectivity index (χ0v) is 11.6. The average molecular weight is 250 g/mol. The molecular weight excluding hydrogens is 228 g/mol. The summed E-state index contributed by atoms with van der Waals surface area (Å²) in [6.07, 6.45) is 5.82. The topological polar surface area (TPSA) is 24.9 Å². The molecule has 3 heteroatoms. The first-order valence-electron chi connectivity index (χ1n) is 6.96. The molecule has 0 aromatic carbocycles. The van der Waals surface area contributed by atoms with Crippen LogP contribution in [0.1, 0.15) is 62.2 Å². The smallest absolute Gasteiger partial charge is 0.0962 e. The maximum atomic E-state index is 4.89. The van der Waals surface area contributed by atoms with Crippen molar-refractivity contribution in [1.82, 2.24) is 10.3 Å². The van der Waals surface area contributed by atoms with Gasteiger partial charge in [-0.05, 0) is 44.6 Å². The molecule has 0 amide bonds. The summed E-state index contributed by atoms with van der Waals surface area (Å²) in [5.41, 5.74) is 1.25. The van der Waals surface area contributed by atoms with E-state index in [4.69, 9.17) is 4.98 Å². The quantitative estimate of drug-likeness (QED) is 0.881. The van der Waals surface area contributed by atoms with Gasteiger partial charge in [-0.3, -0.25) is 0 Å². The Morgan fingerprint density at radius 2 is 2.35 bits per heavy atom. The van der Waals surface area contributed by atoms with E-state index in [1.54, 1.807) is 0 Å². The monoisotopic (exact) mass is 250 g/mol. The highest BCUT2D eigenvalue weighted by Gasteiger charge is 2.41. The van der Waals surface area contributed by atoms with Gasteiger partial charge in [-0.1, -0.05) is 13.3 Å². The molecule has 94 valence electrons. The van der Waals surface area contributed by atoms with E-state index in [2.05, 4.69) is 24.5 Å².